The summed E-state index contributed by atoms with van der Waals surface area (Å²) in [6.07, 6.45) is -3.04. The van der Waals surface area contributed by atoms with Gasteiger partial charge in [-0.2, -0.15) is 23.3 Å². The van der Waals surface area contributed by atoms with E-state index in [1.54, 1.807) is 54.6 Å². The van der Waals surface area contributed by atoms with Crippen molar-refractivity contribution in [1.82, 2.24) is 19.9 Å². The second kappa shape index (κ2) is 10.7. The van der Waals surface area contributed by atoms with E-state index in [9.17, 15) is 23.1 Å². The summed E-state index contributed by atoms with van der Waals surface area (Å²) >= 11 is 0. The van der Waals surface area contributed by atoms with Gasteiger partial charge < -0.3 is 14.4 Å². The number of carbonyl (C=O) groups excluding carboxylic acids is 1. The van der Waals surface area contributed by atoms with Crippen molar-refractivity contribution in [2.75, 3.05) is 0 Å². The Morgan fingerprint density at radius 2 is 1.62 bits per heavy atom. The summed E-state index contributed by atoms with van der Waals surface area (Å²) < 4.78 is 48.2. The molecule has 37 heavy (non-hydrogen) atoms. The van der Waals surface area contributed by atoms with Crippen LogP contribution in [0.25, 0.3) is 34.0 Å². The first-order valence-electron chi connectivity index (χ1n) is 10.7. The quantitative estimate of drug-likeness (QED) is 0.322. The van der Waals surface area contributed by atoms with Gasteiger partial charge in [-0.1, -0.05) is 65.8 Å². The predicted molar refractivity (Wildman–Crippen MR) is 121 cm³/mol. The number of aromatic carboxylic acids is 1. The maximum atomic E-state index is 13.8. The number of carboxylic acid groups (broad SMARTS) is 1. The zero-order valence-electron chi connectivity index (χ0n) is 19.4. The number of halogens is 3. The fourth-order valence-corrected chi connectivity index (χ4v) is 3.74. The molecule has 0 aliphatic heterocycles. The third-order valence-corrected chi connectivity index (χ3v) is 5.49. The van der Waals surface area contributed by atoms with E-state index in [1.165, 1.54) is 29.1 Å². The Morgan fingerprint density at radius 3 is 2.27 bits per heavy atom. The minimum Gasteiger partial charge on any atom is -0.543 e. The maximum Gasteiger partial charge on any atom is 1.00 e. The molecule has 0 aliphatic rings. The number of carbonyl (C=O) groups is 1. The van der Waals surface area contributed by atoms with Crippen molar-refractivity contribution < 1.29 is 57.2 Å². The Bertz CT molecular complexity index is 1530. The van der Waals surface area contributed by atoms with Crippen LogP contribution < -0.4 is 34.7 Å². The van der Waals surface area contributed by atoms with E-state index in [1.807, 2.05) is 0 Å². The molecule has 0 amide bonds. The van der Waals surface area contributed by atoms with Crippen molar-refractivity contribution in [3.8, 4) is 34.0 Å². The normalized spacial score (nSPS) is 11.2. The van der Waals surface area contributed by atoms with Gasteiger partial charge in [-0.3, -0.25) is 4.68 Å². The third kappa shape index (κ3) is 5.82. The van der Waals surface area contributed by atoms with Crippen molar-refractivity contribution in [2.45, 2.75) is 12.7 Å². The minimum absolute atomic E-state index is 0. The molecule has 0 bridgehead atoms. The minimum atomic E-state index is -4.57. The standard InChI is InChI=1S/C26H17F3N4O3.Na/c27-26(28,29)21-14-19(10-11-20(21)17-4-2-1-3-5-17)24-30-23(32-36-24)18-8-6-16(7-9-18)15-33-13-12-22(31-33)25(34)35;/h1-14H,15H2,(H,34,35);/q;+1/p-1. The Labute approximate surface area is 230 Å². The average molecular weight is 512 g/mol. The van der Waals surface area contributed by atoms with Crippen LogP contribution in [0.1, 0.15) is 21.6 Å². The van der Waals surface area contributed by atoms with Crippen LogP contribution in [0.3, 0.4) is 0 Å². The van der Waals surface area contributed by atoms with Crippen LogP contribution in [0.2, 0.25) is 0 Å². The molecule has 0 saturated heterocycles. The van der Waals surface area contributed by atoms with Gasteiger partial charge >= 0.3 is 35.7 Å². The van der Waals surface area contributed by atoms with Crippen molar-refractivity contribution in [1.29, 1.82) is 0 Å². The molecule has 0 aliphatic carbocycles. The Hall–Kier alpha value is -3.73. The summed E-state index contributed by atoms with van der Waals surface area (Å²) in [4.78, 5) is 15.1. The second-order valence-corrected chi connectivity index (χ2v) is 7.93. The molecule has 11 heteroatoms. The summed E-state index contributed by atoms with van der Waals surface area (Å²) in [6, 6.07) is 20.6. The van der Waals surface area contributed by atoms with Crippen LogP contribution in [-0.4, -0.2) is 25.9 Å². The summed E-state index contributed by atoms with van der Waals surface area (Å²) in [6.45, 7) is 0.332. The third-order valence-electron chi connectivity index (χ3n) is 5.49. The molecular weight excluding hydrogens is 496 g/mol. The number of hydrogen-bond acceptors (Lipinski definition) is 6. The molecule has 0 N–H and O–H groups in total. The molecule has 0 saturated carbocycles. The Balaban J connectivity index is 0.00000320. The summed E-state index contributed by atoms with van der Waals surface area (Å²) in [7, 11) is 0. The van der Waals surface area contributed by atoms with Gasteiger partial charge in [0, 0.05) is 17.3 Å². The largest absolute Gasteiger partial charge is 1.00 e. The number of hydrogen-bond donors (Lipinski definition) is 0. The number of carboxylic acids is 1. The number of alkyl halides is 3. The molecule has 5 rings (SSSR count). The summed E-state index contributed by atoms with van der Waals surface area (Å²) in [5.74, 6) is -1.17. The van der Waals surface area contributed by atoms with Gasteiger partial charge in [0.25, 0.3) is 5.89 Å². The molecule has 0 radical (unpaired) electrons. The van der Waals surface area contributed by atoms with E-state index in [0.717, 1.165) is 11.6 Å². The molecule has 0 fully saturated rings. The monoisotopic (exact) mass is 512 g/mol. The first kappa shape index (κ1) is 26.3. The van der Waals surface area contributed by atoms with E-state index in [2.05, 4.69) is 15.2 Å². The molecule has 0 atom stereocenters. The number of aromatic nitrogens is 4. The SMILES string of the molecule is O=C([O-])c1ccn(Cc2ccc(-c3noc(-c4ccc(-c5ccccc5)c(C(F)(F)F)c4)n3)cc2)n1.[Na+]. The number of benzene rings is 3. The van der Waals surface area contributed by atoms with Crippen LogP contribution in [0.5, 0.6) is 0 Å². The summed E-state index contributed by atoms with van der Waals surface area (Å²) in [5.41, 5.74) is 1.15. The fourth-order valence-electron chi connectivity index (χ4n) is 3.74. The predicted octanol–water partition coefficient (Wildman–Crippen LogP) is 1.70. The Morgan fingerprint density at radius 1 is 0.919 bits per heavy atom. The average Bonchev–Trinajstić information content (AvgIpc) is 3.55. The molecule has 3 aromatic carbocycles. The van der Waals surface area contributed by atoms with Crippen LogP contribution in [0, 0.1) is 0 Å². The molecular formula is C26H16F3N4NaO3. The second-order valence-electron chi connectivity index (χ2n) is 7.93. The van der Waals surface area contributed by atoms with E-state index >= 15 is 0 Å². The van der Waals surface area contributed by atoms with Gasteiger partial charge in [-0.15, -0.1) is 0 Å². The molecule has 0 unspecified atom stereocenters. The van der Waals surface area contributed by atoms with E-state index in [0.29, 0.717) is 17.7 Å². The van der Waals surface area contributed by atoms with Crippen molar-refractivity contribution >= 4 is 5.97 Å². The van der Waals surface area contributed by atoms with Gasteiger partial charge in [0.05, 0.1) is 18.1 Å². The van der Waals surface area contributed by atoms with Gasteiger partial charge in [0.15, 0.2) is 0 Å². The number of nitrogens with zero attached hydrogens (tertiary/aromatic N) is 4. The molecule has 0 spiro atoms. The first-order valence-corrected chi connectivity index (χ1v) is 10.7. The van der Waals surface area contributed by atoms with Crippen molar-refractivity contribution in [3.63, 3.8) is 0 Å². The van der Waals surface area contributed by atoms with E-state index in [4.69, 9.17) is 4.52 Å². The van der Waals surface area contributed by atoms with Gasteiger partial charge in [-0.25, -0.2) is 0 Å². The van der Waals surface area contributed by atoms with Crippen LogP contribution in [-0.2, 0) is 12.7 Å². The first-order chi connectivity index (χ1) is 17.3. The van der Waals surface area contributed by atoms with Crippen molar-refractivity contribution in [2.24, 2.45) is 0 Å². The Kier molecular flexibility index (Phi) is 7.63. The van der Waals surface area contributed by atoms with Gasteiger partial charge in [-0.05, 0) is 34.9 Å². The zero-order chi connectivity index (χ0) is 25.3. The fraction of sp³-hybridized carbons (Fsp3) is 0.0769. The van der Waals surface area contributed by atoms with Gasteiger partial charge in [0.2, 0.25) is 5.82 Å². The van der Waals surface area contributed by atoms with E-state index in [-0.39, 0.29) is 58.1 Å². The van der Waals surface area contributed by atoms with Crippen LogP contribution in [0.4, 0.5) is 13.2 Å². The van der Waals surface area contributed by atoms with Crippen LogP contribution in [0.15, 0.2) is 89.6 Å². The summed E-state index contributed by atoms with van der Waals surface area (Å²) in [5, 5.41) is 18.7. The zero-order valence-corrected chi connectivity index (χ0v) is 21.4. The van der Waals surface area contributed by atoms with Crippen molar-refractivity contribution in [3.05, 3.63) is 102 Å². The molecule has 180 valence electrons. The van der Waals surface area contributed by atoms with Gasteiger partial charge in [0.1, 0.15) is 5.69 Å². The smallest absolute Gasteiger partial charge is 0.543 e. The molecule has 2 heterocycles. The number of rotatable bonds is 6. The molecule has 7 nitrogen and oxygen atoms in total. The molecule has 2 aromatic heterocycles. The molecule has 5 aromatic rings. The van der Waals surface area contributed by atoms with E-state index < -0.39 is 17.7 Å². The topological polar surface area (TPSA) is 96.9 Å². The van der Waals surface area contributed by atoms with Crippen LogP contribution >= 0.6 is 0 Å². The maximum absolute atomic E-state index is 13.8.